The summed E-state index contributed by atoms with van der Waals surface area (Å²) in [6.45, 7) is 0. The number of hydrogen-bond acceptors (Lipinski definition) is 2. The largest absolute Gasteiger partial charge is 0.317 e. The highest BCUT2D eigenvalue weighted by molar-refractivity contribution is 5.16. The van der Waals surface area contributed by atoms with Gasteiger partial charge in [-0.05, 0) is 49.6 Å². The van der Waals surface area contributed by atoms with Gasteiger partial charge in [-0.3, -0.25) is 4.98 Å². The Hall–Kier alpha value is -1.67. The maximum Gasteiger partial charge on any atom is 0.0270 e. The monoisotopic (exact) mass is 240 g/mol. The van der Waals surface area contributed by atoms with Crippen molar-refractivity contribution in [2.24, 2.45) is 0 Å². The van der Waals surface area contributed by atoms with E-state index >= 15 is 0 Å². The van der Waals surface area contributed by atoms with Crippen LogP contribution in [0.1, 0.15) is 17.5 Å². The molecule has 0 bridgehead atoms. The molecule has 0 amide bonds. The third-order valence-corrected chi connectivity index (χ3v) is 3.26. The lowest BCUT2D eigenvalue weighted by Gasteiger charge is -2.16. The molecule has 0 radical (unpaired) electrons. The molecule has 2 aromatic rings. The van der Waals surface area contributed by atoms with Crippen LogP contribution in [0.15, 0.2) is 54.9 Å². The number of nitrogens with zero attached hydrogens (tertiary/aromatic N) is 1. The number of aromatic nitrogens is 1. The minimum atomic E-state index is 0.528. The lowest BCUT2D eigenvalue weighted by Crippen LogP contribution is -2.28. The molecule has 1 aromatic carbocycles. The first kappa shape index (κ1) is 12.8. The minimum absolute atomic E-state index is 0.528. The highest BCUT2D eigenvalue weighted by atomic mass is 14.9. The van der Waals surface area contributed by atoms with Gasteiger partial charge >= 0.3 is 0 Å². The summed E-state index contributed by atoms with van der Waals surface area (Å²) in [5.41, 5.74) is 2.75. The van der Waals surface area contributed by atoms with Crippen LogP contribution in [0, 0.1) is 0 Å². The van der Waals surface area contributed by atoms with Crippen LogP contribution in [0.5, 0.6) is 0 Å². The van der Waals surface area contributed by atoms with Crippen LogP contribution < -0.4 is 5.32 Å². The number of rotatable bonds is 6. The molecule has 1 heterocycles. The van der Waals surface area contributed by atoms with Gasteiger partial charge in [0.25, 0.3) is 0 Å². The van der Waals surface area contributed by atoms with Gasteiger partial charge in [-0.25, -0.2) is 0 Å². The van der Waals surface area contributed by atoms with Gasteiger partial charge in [0, 0.05) is 18.4 Å². The van der Waals surface area contributed by atoms with E-state index in [1.165, 1.54) is 11.1 Å². The standard InChI is InChI=1S/C16H20N2/c1-17-16(13-15-5-3-2-4-6-15)8-7-14-9-11-18-12-10-14/h2-6,9-12,16-17H,7-8,13H2,1H3. The van der Waals surface area contributed by atoms with Crippen LogP contribution in [0.2, 0.25) is 0 Å². The van der Waals surface area contributed by atoms with Crippen molar-refractivity contribution in [2.45, 2.75) is 25.3 Å². The molecular weight excluding hydrogens is 220 g/mol. The van der Waals surface area contributed by atoms with Crippen LogP contribution in [0.4, 0.5) is 0 Å². The molecule has 0 aliphatic carbocycles. The summed E-state index contributed by atoms with van der Waals surface area (Å²) >= 11 is 0. The highest BCUT2D eigenvalue weighted by Gasteiger charge is 2.07. The predicted octanol–water partition coefficient (Wildman–Crippen LogP) is 2.84. The smallest absolute Gasteiger partial charge is 0.0270 e. The Morgan fingerprint density at radius 3 is 2.39 bits per heavy atom. The summed E-state index contributed by atoms with van der Waals surface area (Å²) in [7, 11) is 2.04. The van der Waals surface area contributed by atoms with Gasteiger partial charge in [0.1, 0.15) is 0 Å². The number of likely N-dealkylation sites (N-methyl/N-ethyl adjacent to an activating group) is 1. The zero-order chi connectivity index (χ0) is 12.6. The summed E-state index contributed by atoms with van der Waals surface area (Å²) < 4.78 is 0. The van der Waals surface area contributed by atoms with Crippen molar-refractivity contribution in [1.29, 1.82) is 0 Å². The number of nitrogens with one attached hydrogen (secondary N) is 1. The van der Waals surface area contributed by atoms with Crippen molar-refractivity contribution < 1.29 is 0 Å². The van der Waals surface area contributed by atoms with E-state index in [1.807, 2.05) is 19.4 Å². The Labute approximate surface area is 109 Å². The van der Waals surface area contributed by atoms with Crippen molar-refractivity contribution in [1.82, 2.24) is 10.3 Å². The molecule has 1 aromatic heterocycles. The molecule has 18 heavy (non-hydrogen) atoms. The van der Waals surface area contributed by atoms with Crippen LogP contribution in [0.3, 0.4) is 0 Å². The van der Waals surface area contributed by atoms with Gasteiger partial charge in [-0.2, -0.15) is 0 Å². The molecule has 0 aliphatic heterocycles. The first-order valence-electron chi connectivity index (χ1n) is 6.48. The fraction of sp³-hybridized carbons (Fsp3) is 0.312. The average molecular weight is 240 g/mol. The number of aryl methyl sites for hydroxylation is 1. The first-order chi connectivity index (χ1) is 8.88. The molecule has 2 nitrogen and oxygen atoms in total. The maximum absolute atomic E-state index is 4.04. The van der Waals surface area contributed by atoms with Gasteiger partial charge in [0.05, 0.1) is 0 Å². The SMILES string of the molecule is CNC(CCc1ccncc1)Cc1ccccc1. The predicted molar refractivity (Wildman–Crippen MR) is 75.6 cm³/mol. The fourth-order valence-corrected chi connectivity index (χ4v) is 2.14. The zero-order valence-electron chi connectivity index (χ0n) is 10.8. The number of hydrogen-bond donors (Lipinski definition) is 1. The summed E-state index contributed by atoms with van der Waals surface area (Å²) in [6.07, 6.45) is 7.06. The molecule has 1 N–H and O–H groups in total. The molecule has 2 rings (SSSR count). The molecule has 1 unspecified atom stereocenters. The summed E-state index contributed by atoms with van der Waals surface area (Å²) in [6, 6.07) is 15.4. The summed E-state index contributed by atoms with van der Waals surface area (Å²) in [5.74, 6) is 0. The Morgan fingerprint density at radius 1 is 1.00 bits per heavy atom. The molecule has 0 fully saturated rings. The number of benzene rings is 1. The van der Waals surface area contributed by atoms with Gasteiger partial charge in [-0.1, -0.05) is 30.3 Å². The molecule has 0 aliphatic rings. The zero-order valence-corrected chi connectivity index (χ0v) is 10.8. The summed E-state index contributed by atoms with van der Waals surface area (Å²) in [4.78, 5) is 4.04. The topological polar surface area (TPSA) is 24.9 Å². The maximum atomic E-state index is 4.04. The van der Waals surface area contributed by atoms with E-state index in [4.69, 9.17) is 0 Å². The van der Waals surface area contributed by atoms with Crippen LogP contribution in [0.25, 0.3) is 0 Å². The van der Waals surface area contributed by atoms with Crippen LogP contribution >= 0.6 is 0 Å². The van der Waals surface area contributed by atoms with Crippen molar-refractivity contribution in [3.8, 4) is 0 Å². The first-order valence-corrected chi connectivity index (χ1v) is 6.48. The van der Waals surface area contributed by atoms with E-state index in [1.54, 1.807) is 0 Å². The van der Waals surface area contributed by atoms with E-state index in [-0.39, 0.29) is 0 Å². The van der Waals surface area contributed by atoms with Crippen molar-refractivity contribution in [3.05, 3.63) is 66.0 Å². The van der Waals surface area contributed by atoms with Crippen LogP contribution in [-0.4, -0.2) is 18.1 Å². The van der Waals surface area contributed by atoms with Gasteiger partial charge < -0.3 is 5.32 Å². The average Bonchev–Trinajstić information content (AvgIpc) is 2.45. The third-order valence-electron chi connectivity index (χ3n) is 3.26. The Bertz CT molecular complexity index is 439. The fourth-order valence-electron chi connectivity index (χ4n) is 2.14. The van der Waals surface area contributed by atoms with E-state index in [2.05, 4.69) is 52.8 Å². The third kappa shape index (κ3) is 3.97. The lowest BCUT2D eigenvalue weighted by molar-refractivity contribution is 0.520. The molecular formula is C16H20N2. The van der Waals surface area contributed by atoms with Crippen molar-refractivity contribution >= 4 is 0 Å². The van der Waals surface area contributed by atoms with Gasteiger partial charge in [0.15, 0.2) is 0 Å². The molecule has 2 heteroatoms. The molecule has 0 spiro atoms. The summed E-state index contributed by atoms with van der Waals surface area (Å²) in [5, 5.41) is 3.41. The van der Waals surface area contributed by atoms with Gasteiger partial charge in [0.2, 0.25) is 0 Å². The van der Waals surface area contributed by atoms with Crippen LogP contribution in [-0.2, 0) is 12.8 Å². The van der Waals surface area contributed by atoms with E-state index in [9.17, 15) is 0 Å². The van der Waals surface area contributed by atoms with E-state index in [0.29, 0.717) is 6.04 Å². The second-order valence-corrected chi connectivity index (χ2v) is 4.57. The van der Waals surface area contributed by atoms with Gasteiger partial charge in [-0.15, -0.1) is 0 Å². The molecule has 0 saturated carbocycles. The molecule has 94 valence electrons. The van der Waals surface area contributed by atoms with E-state index in [0.717, 1.165) is 19.3 Å². The normalized spacial score (nSPS) is 12.3. The Balaban J connectivity index is 1.86. The molecule has 1 atom stereocenters. The lowest BCUT2D eigenvalue weighted by atomic mass is 10.00. The second-order valence-electron chi connectivity index (χ2n) is 4.57. The van der Waals surface area contributed by atoms with Crippen molar-refractivity contribution in [3.63, 3.8) is 0 Å². The highest BCUT2D eigenvalue weighted by Crippen LogP contribution is 2.09. The van der Waals surface area contributed by atoms with Crippen molar-refractivity contribution in [2.75, 3.05) is 7.05 Å². The van der Waals surface area contributed by atoms with E-state index < -0.39 is 0 Å². The molecule has 0 saturated heterocycles. The quantitative estimate of drug-likeness (QED) is 0.840. The number of pyridine rings is 1. The minimum Gasteiger partial charge on any atom is -0.317 e. The Kier molecular flexibility index (Phi) is 4.91. The second kappa shape index (κ2) is 6.92. The Morgan fingerprint density at radius 2 is 1.72 bits per heavy atom.